The first kappa shape index (κ1) is 16.3. The maximum absolute atomic E-state index is 14.1. The van der Waals surface area contributed by atoms with E-state index in [-0.39, 0.29) is 5.82 Å². The van der Waals surface area contributed by atoms with E-state index in [1.807, 2.05) is 25.2 Å². The molecule has 21 heavy (non-hydrogen) atoms. The Morgan fingerprint density at radius 2 is 2.10 bits per heavy atom. The average Bonchev–Trinajstić information content (AvgIpc) is 2.86. The molecule has 0 aliphatic rings. The number of hydrogen-bond acceptors (Lipinski definition) is 3. The van der Waals surface area contributed by atoms with Crippen molar-refractivity contribution in [3.8, 4) is 0 Å². The molecule has 2 nitrogen and oxygen atoms in total. The number of rotatable bonds is 7. The summed E-state index contributed by atoms with van der Waals surface area (Å²) in [5.41, 5.74) is 1.64. The van der Waals surface area contributed by atoms with Crippen molar-refractivity contribution in [1.82, 2.24) is 5.32 Å². The Morgan fingerprint density at radius 3 is 2.76 bits per heavy atom. The molecule has 0 aliphatic carbocycles. The van der Waals surface area contributed by atoms with Crippen LogP contribution in [0.25, 0.3) is 0 Å². The smallest absolute Gasteiger partial charge is 0.129 e. The van der Waals surface area contributed by atoms with E-state index < -0.39 is 0 Å². The second-order valence-corrected chi connectivity index (χ2v) is 6.78. The number of benzene rings is 1. The summed E-state index contributed by atoms with van der Waals surface area (Å²) in [6, 6.07) is 9.14. The van der Waals surface area contributed by atoms with Crippen molar-refractivity contribution >= 4 is 28.6 Å². The van der Waals surface area contributed by atoms with E-state index in [1.165, 1.54) is 10.9 Å². The number of anilines is 1. The molecule has 0 radical (unpaired) electrons. The highest BCUT2D eigenvalue weighted by Crippen LogP contribution is 2.27. The van der Waals surface area contributed by atoms with Crippen LogP contribution in [0.4, 0.5) is 10.1 Å². The molecule has 1 aromatic heterocycles. The lowest BCUT2D eigenvalue weighted by Gasteiger charge is -2.22. The number of hydrogen-bond donors (Lipinski definition) is 1. The molecule has 5 heteroatoms. The minimum Gasteiger partial charge on any atom is -0.369 e. The lowest BCUT2D eigenvalue weighted by molar-refractivity contribution is 0.585. The summed E-state index contributed by atoms with van der Waals surface area (Å²) in [5.74, 6) is -0.160. The van der Waals surface area contributed by atoms with Gasteiger partial charge in [-0.3, -0.25) is 0 Å². The topological polar surface area (TPSA) is 15.3 Å². The molecule has 0 saturated carbocycles. The van der Waals surface area contributed by atoms with Crippen LogP contribution in [0.15, 0.2) is 30.3 Å². The molecule has 0 amide bonds. The van der Waals surface area contributed by atoms with Crippen LogP contribution < -0.4 is 10.2 Å². The number of halogens is 2. The second kappa shape index (κ2) is 7.78. The maximum atomic E-state index is 14.1. The average molecular weight is 327 g/mol. The molecule has 0 atom stereocenters. The molecule has 2 rings (SSSR count). The molecule has 2 aromatic rings. The highest BCUT2D eigenvalue weighted by atomic mass is 35.5. The number of nitrogens with one attached hydrogen (secondary N) is 1. The fourth-order valence-corrected chi connectivity index (χ4v) is 3.37. The molecule has 114 valence electrons. The van der Waals surface area contributed by atoms with Crippen LogP contribution in [-0.2, 0) is 13.1 Å². The SMILES string of the molecule is CCCNCc1c(F)cccc1N(C)Cc1ccc(Cl)s1. The van der Waals surface area contributed by atoms with Crippen LogP contribution in [-0.4, -0.2) is 13.6 Å². The summed E-state index contributed by atoms with van der Waals surface area (Å²) < 4.78 is 14.9. The van der Waals surface area contributed by atoms with E-state index in [1.54, 1.807) is 17.4 Å². The molecule has 1 N–H and O–H groups in total. The van der Waals surface area contributed by atoms with Gasteiger partial charge in [-0.05, 0) is 37.2 Å². The number of nitrogens with zero attached hydrogens (tertiary/aromatic N) is 1. The van der Waals surface area contributed by atoms with Crippen LogP contribution in [0, 0.1) is 5.82 Å². The first-order valence-corrected chi connectivity index (χ1v) is 8.24. The van der Waals surface area contributed by atoms with Gasteiger partial charge in [-0.1, -0.05) is 24.6 Å². The Hall–Kier alpha value is -1.10. The summed E-state index contributed by atoms with van der Waals surface area (Å²) in [6.45, 7) is 4.26. The third-order valence-corrected chi connectivity index (χ3v) is 4.47. The largest absolute Gasteiger partial charge is 0.369 e. The fourth-order valence-electron chi connectivity index (χ4n) is 2.23. The van der Waals surface area contributed by atoms with E-state index in [0.717, 1.165) is 35.1 Å². The quantitative estimate of drug-likeness (QED) is 0.743. The maximum Gasteiger partial charge on any atom is 0.129 e. The zero-order valence-electron chi connectivity index (χ0n) is 12.3. The van der Waals surface area contributed by atoms with Crippen molar-refractivity contribution in [2.75, 3.05) is 18.5 Å². The van der Waals surface area contributed by atoms with Gasteiger partial charge in [0.2, 0.25) is 0 Å². The Balaban J connectivity index is 2.15. The molecule has 0 unspecified atom stereocenters. The van der Waals surface area contributed by atoms with Crippen LogP contribution >= 0.6 is 22.9 Å². The Kier molecular flexibility index (Phi) is 6.03. The predicted molar refractivity (Wildman–Crippen MR) is 89.8 cm³/mol. The van der Waals surface area contributed by atoms with Crippen LogP contribution in [0.2, 0.25) is 4.34 Å². The summed E-state index contributed by atoms with van der Waals surface area (Å²) in [5, 5.41) is 3.27. The Bertz CT molecular complexity index is 585. The minimum absolute atomic E-state index is 0.160. The van der Waals surface area contributed by atoms with Crippen LogP contribution in [0.5, 0.6) is 0 Å². The standard InChI is InChI=1S/C16H20ClFN2S/c1-3-9-19-10-13-14(18)5-4-6-15(13)20(2)11-12-7-8-16(17)21-12/h4-8,19H,3,9-11H2,1-2H3. The molecule has 0 aliphatic heterocycles. The van der Waals surface area contributed by atoms with Gasteiger partial charge in [-0.2, -0.15) is 0 Å². The first-order valence-electron chi connectivity index (χ1n) is 7.05. The fraction of sp³-hybridized carbons (Fsp3) is 0.375. The van der Waals surface area contributed by atoms with Crippen molar-refractivity contribution in [3.05, 3.63) is 50.9 Å². The zero-order chi connectivity index (χ0) is 15.2. The van der Waals surface area contributed by atoms with Crippen molar-refractivity contribution in [3.63, 3.8) is 0 Å². The van der Waals surface area contributed by atoms with Gasteiger partial charge in [-0.15, -0.1) is 11.3 Å². The summed E-state index contributed by atoms with van der Waals surface area (Å²) in [4.78, 5) is 3.23. The Morgan fingerprint density at radius 1 is 1.29 bits per heavy atom. The monoisotopic (exact) mass is 326 g/mol. The van der Waals surface area contributed by atoms with Gasteiger partial charge in [0, 0.05) is 29.7 Å². The third kappa shape index (κ3) is 4.43. The Labute approximate surface area is 134 Å². The molecule has 1 heterocycles. The van der Waals surface area contributed by atoms with Gasteiger partial charge in [-0.25, -0.2) is 4.39 Å². The lowest BCUT2D eigenvalue weighted by atomic mass is 10.1. The third-order valence-electron chi connectivity index (χ3n) is 3.26. The highest BCUT2D eigenvalue weighted by Gasteiger charge is 2.12. The van der Waals surface area contributed by atoms with E-state index in [4.69, 9.17) is 11.6 Å². The van der Waals surface area contributed by atoms with E-state index in [9.17, 15) is 4.39 Å². The van der Waals surface area contributed by atoms with E-state index in [0.29, 0.717) is 6.54 Å². The van der Waals surface area contributed by atoms with Crippen molar-refractivity contribution in [2.24, 2.45) is 0 Å². The molecular formula is C16H20ClFN2S. The first-order chi connectivity index (χ1) is 10.1. The molecule has 0 saturated heterocycles. The normalized spacial score (nSPS) is 10.9. The summed E-state index contributed by atoms with van der Waals surface area (Å²) in [6.07, 6.45) is 1.04. The molecule has 0 fully saturated rings. The highest BCUT2D eigenvalue weighted by molar-refractivity contribution is 7.16. The molecule has 0 bridgehead atoms. The molecular weight excluding hydrogens is 307 g/mol. The van der Waals surface area contributed by atoms with Gasteiger partial charge in [0.1, 0.15) is 5.82 Å². The van der Waals surface area contributed by atoms with Gasteiger partial charge in [0.25, 0.3) is 0 Å². The van der Waals surface area contributed by atoms with E-state index in [2.05, 4.69) is 17.1 Å². The summed E-state index contributed by atoms with van der Waals surface area (Å²) in [7, 11) is 1.98. The van der Waals surface area contributed by atoms with Crippen molar-refractivity contribution < 1.29 is 4.39 Å². The molecule has 0 spiro atoms. The van der Waals surface area contributed by atoms with Gasteiger partial charge < -0.3 is 10.2 Å². The molecule has 1 aromatic carbocycles. The summed E-state index contributed by atoms with van der Waals surface area (Å²) >= 11 is 7.52. The van der Waals surface area contributed by atoms with Gasteiger partial charge >= 0.3 is 0 Å². The minimum atomic E-state index is -0.160. The predicted octanol–water partition coefficient (Wildman–Crippen LogP) is 4.68. The van der Waals surface area contributed by atoms with Gasteiger partial charge in [0.05, 0.1) is 10.9 Å². The zero-order valence-corrected chi connectivity index (χ0v) is 13.9. The van der Waals surface area contributed by atoms with E-state index >= 15 is 0 Å². The van der Waals surface area contributed by atoms with Crippen molar-refractivity contribution in [2.45, 2.75) is 26.4 Å². The number of thiophene rings is 1. The van der Waals surface area contributed by atoms with Gasteiger partial charge in [0.15, 0.2) is 0 Å². The van der Waals surface area contributed by atoms with Crippen LogP contribution in [0.1, 0.15) is 23.8 Å². The lowest BCUT2D eigenvalue weighted by Crippen LogP contribution is -2.21. The van der Waals surface area contributed by atoms with Crippen LogP contribution in [0.3, 0.4) is 0 Å². The second-order valence-electron chi connectivity index (χ2n) is 4.98. The van der Waals surface area contributed by atoms with Crippen molar-refractivity contribution in [1.29, 1.82) is 0 Å².